The van der Waals surface area contributed by atoms with Gasteiger partial charge < -0.3 is 25.4 Å². The summed E-state index contributed by atoms with van der Waals surface area (Å²) < 4.78 is 7.14. The van der Waals surface area contributed by atoms with E-state index in [9.17, 15) is 14.4 Å². The smallest absolute Gasteiger partial charge is 0.321 e. The van der Waals surface area contributed by atoms with Gasteiger partial charge >= 0.3 is 6.03 Å². The molecule has 11 nitrogen and oxygen atoms in total. The number of aromatic nitrogens is 3. The van der Waals surface area contributed by atoms with Crippen LogP contribution >= 0.6 is 0 Å². The molecule has 0 bridgehead atoms. The zero-order chi connectivity index (χ0) is 25.9. The van der Waals surface area contributed by atoms with Crippen LogP contribution in [0.2, 0.25) is 0 Å². The second-order valence-corrected chi connectivity index (χ2v) is 9.76. The summed E-state index contributed by atoms with van der Waals surface area (Å²) in [5.41, 5.74) is 2.53. The number of amides is 4. The van der Waals surface area contributed by atoms with Crippen LogP contribution < -0.4 is 16.0 Å². The fourth-order valence-corrected chi connectivity index (χ4v) is 4.86. The number of benzene rings is 1. The molecule has 0 spiro atoms. The number of carbonyl (C=O) groups excluding carboxylic acids is 3. The Balaban J connectivity index is 1.24. The minimum absolute atomic E-state index is 0.0640. The molecule has 2 aliphatic rings. The molecule has 3 aromatic rings. The Kier molecular flexibility index (Phi) is 6.93. The number of hydrogen-bond donors (Lipinski definition) is 3. The molecule has 3 heterocycles. The predicted octanol–water partition coefficient (Wildman–Crippen LogP) is 3.62. The summed E-state index contributed by atoms with van der Waals surface area (Å²) in [5.74, 6) is 0.0577. The van der Waals surface area contributed by atoms with Gasteiger partial charge in [0.05, 0.1) is 0 Å². The van der Waals surface area contributed by atoms with Crippen molar-refractivity contribution in [3.05, 3.63) is 59.2 Å². The molecule has 2 aromatic heterocycles. The normalized spacial score (nSPS) is 16.9. The zero-order valence-corrected chi connectivity index (χ0v) is 21.0. The zero-order valence-electron chi connectivity index (χ0n) is 21.0. The third kappa shape index (κ3) is 5.35. The Morgan fingerprint density at radius 3 is 2.57 bits per heavy atom. The van der Waals surface area contributed by atoms with Crippen molar-refractivity contribution in [1.82, 2.24) is 25.2 Å². The van der Waals surface area contributed by atoms with Crippen molar-refractivity contribution < 1.29 is 18.9 Å². The summed E-state index contributed by atoms with van der Waals surface area (Å²) in [4.78, 5) is 40.2. The van der Waals surface area contributed by atoms with Crippen molar-refractivity contribution in [2.75, 3.05) is 23.7 Å². The Morgan fingerprint density at radius 1 is 1.05 bits per heavy atom. The Hall–Kier alpha value is -4.15. The Morgan fingerprint density at radius 2 is 1.81 bits per heavy atom. The number of urea groups is 1. The van der Waals surface area contributed by atoms with Crippen LogP contribution in [0.3, 0.4) is 0 Å². The molecule has 0 radical (unpaired) electrons. The molecule has 37 heavy (non-hydrogen) atoms. The number of aryl methyl sites for hydroxylation is 1. The molecule has 5 rings (SSSR count). The monoisotopic (exact) mass is 505 g/mol. The first-order valence-corrected chi connectivity index (χ1v) is 12.7. The van der Waals surface area contributed by atoms with Gasteiger partial charge in [-0.2, -0.15) is 5.10 Å². The van der Waals surface area contributed by atoms with E-state index in [1.807, 2.05) is 13.8 Å². The predicted molar refractivity (Wildman–Crippen MR) is 137 cm³/mol. The lowest BCUT2D eigenvalue weighted by molar-refractivity contribution is 0.0919. The lowest BCUT2D eigenvalue weighted by atomic mass is 9.91. The second-order valence-electron chi connectivity index (χ2n) is 9.76. The first-order chi connectivity index (χ1) is 17.9. The third-order valence-electron chi connectivity index (χ3n) is 6.75. The fraction of sp³-hybridized carbons (Fsp3) is 0.423. The number of rotatable bonds is 6. The van der Waals surface area contributed by atoms with Crippen LogP contribution in [0.15, 0.2) is 41.1 Å². The van der Waals surface area contributed by atoms with E-state index >= 15 is 0 Å². The van der Waals surface area contributed by atoms with Crippen molar-refractivity contribution in [2.24, 2.45) is 0 Å². The van der Waals surface area contributed by atoms with Gasteiger partial charge in [0.25, 0.3) is 11.8 Å². The molecule has 1 aromatic carbocycles. The number of anilines is 2. The standard InChI is InChI=1S/C26H31N7O4/c1-16(2)33-21(10-11-27-33)24(34)28-19-8-9-22-20(15-19)23(31-37-22)25(35)29-17-6-5-7-18(14-17)30-26(36)32-12-3-4-13-32/h5-7,10-11,14,16,19H,3-4,8-9,12-13,15H2,1-2H3,(H,28,34)(H,29,35)(H,30,36). The first-order valence-electron chi connectivity index (χ1n) is 12.7. The maximum absolute atomic E-state index is 13.1. The van der Waals surface area contributed by atoms with Crippen LogP contribution in [0.1, 0.15) is 71.5 Å². The van der Waals surface area contributed by atoms with Gasteiger partial charge in [-0.1, -0.05) is 11.2 Å². The number of hydrogen-bond acceptors (Lipinski definition) is 6. The van der Waals surface area contributed by atoms with Gasteiger partial charge in [-0.25, -0.2) is 4.79 Å². The van der Waals surface area contributed by atoms with Crippen LogP contribution in [0.25, 0.3) is 0 Å². The molecule has 1 aliphatic heterocycles. The minimum atomic E-state index is -0.405. The van der Waals surface area contributed by atoms with E-state index in [1.54, 1.807) is 46.1 Å². The molecule has 1 unspecified atom stereocenters. The van der Waals surface area contributed by atoms with Gasteiger partial charge in [0.1, 0.15) is 11.5 Å². The van der Waals surface area contributed by atoms with Crippen molar-refractivity contribution in [3.63, 3.8) is 0 Å². The highest BCUT2D eigenvalue weighted by molar-refractivity contribution is 6.04. The summed E-state index contributed by atoms with van der Waals surface area (Å²) in [6.45, 7) is 5.44. The molecule has 1 fully saturated rings. The molecular weight excluding hydrogens is 474 g/mol. The molecule has 3 N–H and O–H groups in total. The Labute approximate surface area is 214 Å². The van der Waals surface area contributed by atoms with E-state index in [1.165, 1.54) is 0 Å². The fourth-order valence-electron chi connectivity index (χ4n) is 4.86. The highest BCUT2D eigenvalue weighted by Crippen LogP contribution is 2.26. The molecule has 11 heteroatoms. The molecule has 1 saturated heterocycles. The van der Waals surface area contributed by atoms with E-state index in [0.717, 1.165) is 25.9 Å². The first kappa shape index (κ1) is 24.5. The number of nitrogens with one attached hydrogen (secondary N) is 3. The Bertz CT molecular complexity index is 1310. The SMILES string of the molecule is CC(C)n1nccc1C(=O)NC1CCc2onc(C(=O)Nc3cccc(NC(=O)N4CCCC4)c3)c2C1. The molecule has 194 valence electrons. The lowest BCUT2D eigenvalue weighted by Crippen LogP contribution is -2.40. The van der Waals surface area contributed by atoms with Gasteiger partial charge in [0.15, 0.2) is 5.69 Å². The number of fused-ring (bicyclic) bond motifs is 1. The quantitative estimate of drug-likeness (QED) is 0.468. The second kappa shape index (κ2) is 10.5. The highest BCUT2D eigenvalue weighted by atomic mass is 16.5. The average Bonchev–Trinajstić information content (AvgIpc) is 3.65. The van der Waals surface area contributed by atoms with E-state index < -0.39 is 5.91 Å². The van der Waals surface area contributed by atoms with Gasteiger partial charge in [-0.15, -0.1) is 0 Å². The van der Waals surface area contributed by atoms with Crippen LogP contribution in [-0.4, -0.2) is 56.8 Å². The molecule has 4 amide bonds. The van der Waals surface area contributed by atoms with Crippen LogP contribution in [-0.2, 0) is 12.8 Å². The third-order valence-corrected chi connectivity index (χ3v) is 6.75. The maximum Gasteiger partial charge on any atom is 0.321 e. The summed E-state index contributed by atoms with van der Waals surface area (Å²) >= 11 is 0. The summed E-state index contributed by atoms with van der Waals surface area (Å²) in [5, 5.41) is 17.1. The van der Waals surface area contributed by atoms with Gasteiger partial charge in [-0.05, 0) is 63.8 Å². The van der Waals surface area contributed by atoms with Crippen molar-refractivity contribution in [3.8, 4) is 0 Å². The van der Waals surface area contributed by atoms with E-state index in [2.05, 4.69) is 26.2 Å². The van der Waals surface area contributed by atoms with Crippen LogP contribution in [0.4, 0.5) is 16.2 Å². The number of nitrogens with zero attached hydrogens (tertiary/aromatic N) is 4. The molecule has 1 aliphatic carbocycles. The lowest BCUT2D eigenvalue weighted by Gasteiger charge is -2.23. The molecule has 0 saturated carbocycles. The van der Waals surface area contributed by atoms with Gasteiger partial charge in [0, 0.05) is 54.7 Å². The van der Waals surface area contributed by atoms with Crippen molar-refractivity contribution in [1.29, 1.82) is 0 Å². The molecular formula is C26H31N7O4. The highest BCUT2D eigenvalue weighted by Gasteiger charge is 2.30. The molecule has 1 atom stereocenters. The van der Waals surface area contributed by atoms with Crippen LogP contribution in [0.5, 0.6) is 0 Å². The van der Waals surface area contributed by atoms with E-state index in [0.29, 0.717) is 47.7 Å². The summed E-state index contributed by atoms with van der Waals surface area (Å²) in [6, 6.07) is 8.46. The van der Waals surface area contributed by atoms with Gasteiger partial charge in [0.2, 0.25) is 0 Å². The maximum atomic E-state index is 13.1. The minimum Gasteiger partial charge on any atom is -0.360 e. The number of likely N-dealkylation sites (tertiary alicyclic amines) is 1. The largest absolute Gasteiger partial charge is 0.360 e. The average molecular weight is 506 g/mol. The summed E-state index contributed by atoms with van der Waals surface area (Å²) in [7, 11) is 0. The van der Waals surface area contributed by atoms with Crippen molar-refractivity contribution in [2.45, 2.75) is 58.0 Å². The summed E-state index contributed by atoms with van der Waals surface area (Å²) in [6.07, 6.45) is 5.33. The topological polar surface area (TPSA) is 134 Å². The van der Waals surface area contributed by atoms with Crippen LogP contribution in [0, 0.1) is 0 Å². The number of carbonyl (C=O) groups is 3. The van der Waals surface area contributed by atoms with Crippen molar-refractivity contribution >= 4 is 29.2 Å². The van der Waals surface area contributed by atoms with E-state index in [-0.39, 0.29) is 29.7 Å². The van der Waals surface area contributed by atoms with Gasteiger partial charge in [-0.3, -0.25) is 14.3 Å². The van der Waals surface area contributed by atoms with E-state index in [4.69, 9.17) is 4.52 Å².